The van der Waals surface area contributed by atoms with Crippen LogP contribution in [0.1, 0.15) is 194 Å². The monoisotopic (exact) mass is 796 g/mol. The summed E-state index contributed by atoms with van der Waals surface area (Å²) in [6, 6.07) is 0. The molecule has 2 unspecified atom stereocenters. The molecule has 2 atom stereocenters. The van der Waals surface area contributed by atoms with Crippen LogP contribution in [0.15, 0.2) is 48.6 Å². The Kier molecular flexibility index (Phi) is 40.1. The number of hydrogen-bond acceptors (Lipinski definition) is 8. The Morgan fingerprint density at radius 3 is 1.45 bits per heavy atom. The van der Waals surface area contributed by atoms with Crippen LogP contribution in [0, 0.1) is 0 Å². The van der Waals surface area contributed by atoms with E-state index in [1.807, 2.05) is 0 Å². The molecule has 0 bridgehead atoms. The van der Waals surface area contributed by atoms with Crippen LogP contribution in [0.2, 0.25) is 0 Å². The number of ether oxygens (including phenoxy) is 2. The average Bonchev–Trinajstić information content (AvgIpc) is 3.17. The number of carbonyl (C=O) groups excluding carboxylic acids is 2. The van der Waals surface area contributed by atoms with Gasteiger partial charge in [-0.1, -0.05) is 152 Å². The first-order valence-corrected chi connectivity index (χ1v) is 23.6. The maximum Gasteiger partial charge on any atom is 0.472 e. The lowest BCUT2D eigenvalue weighted by molar-refractivity contribution is -0.161. The topological polar surface area (TPSA) is 134 Å². The third-order valence-corrected chi connectivity index (χ3v) is 10.2. The van der Waals surface area contributed by atoms with Crippen LogP contribution in [0.3, 0.4) is 0 Å². The van der Waals surface area contributed by atoms with Crippen LogP contribution in [-0.2, 0) is 32.7 Å². The number of esters is 2. The first-order valence-electron chi connectivity index (χ1n) is 22.1. The van der Waals surface area contributed by atoms with Gasteiger partial charge in [-0.15, -0.1) is 0 Å². The minimum absolute atomic E-state index is 0.0475. The van der Waals surface area contributed by atoms with Crippen molar-refractivity contribution in [3.8, 4) is 0 Å². The molecule has 0 aliphatic heterocycles. The smallest absolute Gasteiger partial charge is 0.462 e. The van der Waals surface area contributed by atoms with Crippen molar-refractivity contribution < 1.29 is 37.6 Å². The molecule has 0 aliphatic carbocycles. The van der Waals surface area contributed by atoms with E-state index in [9.17, 15) is 19.0 Å². The Labute approximate surface area is 336 Å². The zero-order valence-electron chi connectivity index (χ0n) is 35.2. The molecule has 0 heterocycles. The van der Waals surface area contributed by atoms with Gasteiger partial charge in [0, 0.05) is 19.4 Å². The number of phosphoric acid groups is 1. The van der Waals surface area contributed by atoms with Gasteiger partial charge in [-0.2, -0.15) is 0 Å². The van der Waals surface area contributed by atoms with Gasteiger partial charge in [0.25, 0.3) is 0 Å². The Morgan fingerprint density at radius 2 is 0.945 bits per heavy atom. The molecule has 0 spiro atoms. The highest BCUT2D eigenvalue weighted by Gasteiger charge is 2.26. The standard InChI is InChI=1S/C45H82NO8P/c1-3-5-7-9-11-13-15-17-19-21-23-25-27-29-31-33-35-37-44(47)51-41-43(42-53-55(49,50)52-40-39-46)54-45(48)38-36-34-32-30-28-26-24-22-20-18-16-14-12-10-8-6-4-2/h12,14,17-20,24,26,43H,3-11,13,15-16,21-23,25,27-42,46H2,1-2H3,(H,49,50). The average molecular weight is 796 g/mol. The van der Waals surface area contributed by atoms with Gasteiger partial charge >= 0.3 is 19.8 Å². The van der Waals surface area contributed by atoms with E-state index in [0.717, 1.165) is 70.6 Å². The predicted molar refractivity (Wildman–Crippen MR) is 229 cm³/mol. The molecule has 9 nitrogen and oxygen atoms in total. The van der Waals surface area contributed by atoms with Crippen molar-refractivity contribution in [3.05, 3.63) is 48.6 Å². The second kappa shape index (κ2) is 41.6. The lowest BCUT2D eigenvalue weighted by atomic mass is 10.1. The zero-order chi connectivity index (χ0) is 40.3. The lowest BCUT2D eigenvalue weighted by Crippen LogP contribution is -2.29. The fourth-order valence-corrected chi connectivity index (χ4v) is 6.64. The van der Waals surface area contributed by atoms with Crippen molar-refractivity contribution in [1.82, 2.24) is 0 Å². The summed E-state index contributed by atoms with van der Waals surface area (Å²) in [6.45, 7) is 3.67. The van der Waals surface area contributed by atoms with Crippen molar-refractivity contribution >= 4 is 19.8 Å². The van der Waals surface area contributed by atoms with Gasteiger partial charge < -0.3 is 20.1 Å². The fraction of sp³-hybridized carbons (Fsp3) is 0.778. The molecule has 3 N–H and O–H groups in total. The molecular weight excluding hydrogens is 713 g/mol. The number of nitrogens with two attached hydrogens (primary N) is 1. The quantitative estimate of drug-likeness (QED) is 0.0268. The molecule has 10 heteroatoms. The van der Waals surface area contributed by atoms with Gasteiger partial charge in [-0.05, 0) is 77.0 Å². The Hall–Kier alpha value is -2.03. The van der Waals surface area contributed by atoms with E-state index < -0.39 is 32.5 Å². The summed E-state index contributed by atoms with van der Waals surface area (Å²) in [5.41, 5.74) is 5.35. The van der Waals surface area contributed by atoms with Crippen molar-refractivity contribution in [1.29, 1.82) is 0 Å². The summed E-state index contributed by atoms with van der Waals surface area (Å²) < 4.78 is 32.8. The molecule has 0 aliphatic rings. The van der Waals surface area contributed by atoms with Gasteiger partial charge in [-0.3, -0.25) is 18.6 Å². The number of phosphoric ester groups is 1. The Bertz CT molecular complexity index is 1040. The van der Waals surface area contributed by atoms with Crippen LogP contribution in [-0.4, -0.2) is 49.3 Å². The summed E-state index contributed by atoms with van der Waals surface area (Å²) in [7, 11) is -4.38. The van der Waals surface area contributed by atoms with Crippen LogP contribution in [0.4, 0.5) is 0 Å². The highest BCUT2D eigenvalue weighted by molar-refractivity contribution is 7.47. The van der Waals surface area contributed by atoms with E-state index in [4.69, 9.17) is 24.3 Å². The Morgan fingerprint density at radius 1 is 0.545 bits per heavy atom. The molecule has 55 heavy (non-hydrogen) atoms. The van der Waals surface area contributed by atoms with Gasteiger partial charge in [0.15, 0.2) is 6.10 Å². The van der Waals surface area contributed by atoms with Crippen LogP contribution < -0.4 is 5.73 Å². The highest BCUT2D eigenvalue weighted by atomic mass is 31.2. The van der Waals surface area contributed by atoms with Crippen LogP contribution in [0.5, 0.6) is 0 Å². The largest absolute Gasteiger partial charge is 0.472 e. The SMILES string of the molecule is CCCCCC=CCC=CCC=CCCCCCCC(=O)OC(COC(=O)CCCCCCCCCC=CCCCCCCCC)COP(=O)(O)OCCN. The molecule has 0 aromatic heterocycles. The molecule has 0 fully saturated rings. The summed E-state index contributed by atoms with van der Waals surface area (Å²) in [5.74, 6) is -0.859. The number of rotatable bonds is 41. The minimum atomic E-state index is -4.38. The molecule has 0 aromatic carbocycles. The molecule has 0 rings (SSSR count). The zero-order valence-corrected chi connectivity index (χ0v) is 36.0. The van der Waals surface area contributed by atoms with E-state index in [-0.39, 0.29) is 32.6 Å². The number of carbonyl (C=O) groups is 2. The summed E-state index contributed by atoms with van der Waals surface area (Å²) in [6.07, 6.45) is 47.1. The molecule has 0 amide bonds. The van der Waals surface area contributed by atoms with Gasteiger partial charge in [0.1, 0.15) is 6.61 Å². The minimum Gasteiger partial charge on any atom is -0.462 e. The van der Waals surface area contributed by atoms with Gasteiger partial charge in [0.05, 0.1) is 13.2 Å². The highest BCUT2D eigenvalue weighted by Crippen LogP contribution is 2.43. The normalized spacial score (nSPS) is 13.7. The summed E-state index contributed by atoms with van der Waals surface area (Å²) >= 11 is 0. The second-order valence-corrected chi connectivity index (χ2v) is 16.0. The second-order valence-electron chi connectivity index (χ2n) is 14.6. The number of allylic oxidation sites excluding steroid dienone is 8. The maximum atomic E-state index is 12.6. The Balaban J connectivity index is 4.19. The third-order valence-electron chi connectivity index (χ3n) is 9.19. The molecule has 0 saturated carbocycles. The fourth-order valence-electron chi connectivity index (χ4n) is 5.87. The van der Waals surface area contributed by atoms with E-state index in [1.54, 1.807) is 0 Å². The van der Waals surface area contributed by atoms with Crippen LogP contribution in [0.25, 0.3) is 0 Å². The van der Waals surface area contributed by atoms with Gasteiger partial charge in [-0.25, -0.2) is 4.57 Å². The van der Waals surface area contributed by atoms with E-state index in [1.165, 1.54) is 89.9 Å². The summed E-state index contributed by atoms with van der Waals surface area (Å²) in [5, 5.41) is 0. The van der Waals surface area contributed by atoms with E-state index in [2.05, 4.69) is 62.5 Å². The van der Waals surface area contributed by atoms with E-state index in [0.29, 0.717) is 6.42 Å². The third kappa shape index (κ3) is 41.4. The van der Waals surface area contributed by atoms with Crippen LogP contribution >= 0.6 is 7.82 Å². The molecule has 320 valence electrons. The molecule has 0 aromatic rings. The maximum absolute atomic E-state index is 12.6. The van der Waals surface area contributed by atoms with Crippen molar-refractivity contribution in [2.24, 2.45) is 5.73 Å². The first kappa shape index (κ1) is 53.0. The molecule has 0 saturated heterocycles. The predicted octanol–water partition coefficient (Wildman–Crippen LogP) is 12.7. The van der Waals surface area contributed by atoms with Crippen molar-refractivity contribution in [2.45, 2.75) is 200 Å². The van der Waals surface area contributed by atoms with Crippen molar-refractivity contribution in [2.75, 3.05) is 26.4 Å². The summed E-state index contributed by atoms with van der Waals surface area (Å²) in [4.78, 5) is 34.9. The van der Waals surface area contributed by atoms with E-state index >= 15 is 0 Å². The van der Waals surface area contributed by atoms with Gasteiger partial charge in [0.2, 0.25) is 0 Å². The molecular formula is C45H82NO8P. The van der Waals surface area contributed by atoms with Crippen molar-refractivity contribution in [3.63, 3.8) is 0 Å². The molecule has 0 radical (unpaired) electrons. The first-order chi connectivity index (χ1) is 26.8. The number of hydrogen-bond donors (Lipinski definition) is 2. The lowest BCUT2D eigenvalue weighted by Gasteiger charge is -2.19. The number of unbranched alkanes of at least 4 members (excludes halogenated alkanes) is 20.